The number of rotatable bonds is 5. The Hall–Kier alpha value is -1.51. The number of hydrogen-bond acceptors (Lipinski definition) is 2. The molecular formula is C14H21NO2. The quantitative estimate of drug-likeness (QED) is 0.849. The summed E-state index contributed by atoms with van der Waals surface area (Å²) in [5.41, 5.74) is 1.85. The van der Waals surface area contributed by atoms with Crippen LogP contribution in [0.4, 0.5) is 5.69 Å². The van der Waals surface area contributed by atoms with E-state index in [1.54, 1.807) is 7.11 Å². The van der Waals surface area contributed by atoms with Crippen molar-refractivity contribution < 1.29 is 9.53 Å². The second-order valence-corrected chi connectivity index (χ2v) is 4.38. The van der Waals surface area contributed by atoms with E-state index in [0.29, 0.717) is 5.75 Å². The van der Waals surface area contributed by atoms with Crippen LogP contribution in [0.2, 0.25) is 0 Å². The number of methoxy groups -OCH3 is 1. The van der Waals surface area contributed by atoms with E-state index in [-0.39, 0.29) is 11.8 Å². The highest BCUT2D eigenvalue weighted by Gasteiger charge is 2.13. The van der Waals surface area contributed by atoms with Crippen molar-refractivity contribution >= 4 is 11.6 Å². The van der Waals surface area contributed by atoms with Crippen LogP contribution in [-0.2, 0) is 4.79 Å². The van der Waals surface area contributed by atoms with E-state index < -0.39 is 0 Å². The van der Waals surface area contributed by atoms with Crippen molar-refractivity contribution in [2.45, 2.75) is 33.6 Å². The number of ether oxygens (including phenoxy) is 1. The highest BCUT2D eigenvalue weighted by Crippen LogP contribution is 2.25. The maximum Gasteiger partial charge on any atom is 0.227 e. The fourth-order valence-electron chi connectivity index (χ4n) is 1.74. The second kappa shape index (κ2) is 6.28. The van der Waals surface area contributed by atoms with Gasteiger partial charge in [0, 0.05) is 5.92 Å². The molecule has 0 aliphatic rings. The lowest BCUT2D eigenvalue weighted by molar-refractivity contribution is -0.119. The number of carbonyl (C=O) groups is 1. The minimum absolute atomic E-state index is 0.0326. The van der Waals surface area contributed by atoms with Gasteiger partial charge in [0.25, 0.3) is 0 Å². The number of carbonyl (C=O) groups excluding carboxylic acids is 1. The lowest BCUT2D eigenvalue weighted by Gasteiger charge is -2.14. The molecule has 0 aliphatic heterocycles. The Labute approximate surface area is 103 Å². The van der Waals surface area contributed by atoms with Gasteiger partial charge in [-0.2, -0.15) is 0 Å². The Morgan fingerprint density at radius 1 is 1.47 bits per heavy atom. The largest absolute Gasteiger partial charge is 0.495 e. The zero-order valence-electron chi connectivity index (χ0n) is 11.0. The Bertz CT molecular complexity index is 388. The van der Waals surface area contributed by atoms with Gasteiger partial charge in [0.05, 0.1) is 12.8 Å². The number of benzene rings is 1. The first-order chi connectivity index (χ1) is 8.08. The van der Waals surface area contributed by atoms with Crippen molar-refractivity contribution in [3.05, 3.63) is 23.8 Å². The smallest absolute Gasteiger partial charge is 0.227 e. The summed E-state index contributed by atoms with van der Waals surface area (Å²) in [6.45, 7) is 6.02. The maximum absolute atomic E-state index is 11.9. The van der Waals surface area contributed by atoms with Gasteiger partial charge in [-0.15, -0.1) is 0 Å². The summed E-state index contributed by atoms with van der Waals surface area (Å²) >= 11 is 0. The molecule has 1 N–H and O–H groups in total. The van der Waals surface area contributed by atoms with Gasteiger partial charge in [0.2, 0.25) is 5.91 Å². The molecule has 0 saturated carbocycles. The summed E-state index contributed by atoms with van der Waals surface area (Å²) in [6, 6.07) is 5.76. The van der Waals surface area contributed by atoms with Gasteiger partial charge < -0.3 is 10.1 Å². The first-order valence-electron chi connectivity index (χ1n) is 6.04. The van der Waals surface area contributed by atoms with Crippen molar-refractivity contribution in [1.82, 2.24) is 0 Å². The molecule has 0 fully saturated rings. The van der Waals surface area contributed by atoms with Crippen LogP contribution >= 0.6 is 0 Å². The van der Waals surface area contributed by atoms with E-state index in [4.69, 9.17) is 4.74 Å². The van der Waals surface area contributed by atoms with E-state index >= 15 is 0 Å². The molecule has 17 heavy (non-hydrogen) atoms. The first kappa shape index (κ1) is 13.6. The van der Waals surface area contributed by atoms with Gasteiger partial charge in [-0.05, 0) is 31.0 Å². The average molecular weight is 235 g/mol. The zero-order valence-corrected chi connectivity index (χ0v) is 11.0. The van der Waals surface area contributed by atoms with Crippen molar-refractivity contribution in [3.8, 4) is 5.75 Å². The lowest BCUT2D eigenvalue weighted by Crippen LogP contribution is -2.20. The van der Waals surface area contributed by atoms with Crippen molar-refractivity contribution in [2.75, 3.05) is 12.4 Å². The van der Waals surface area contributed by atoms with Crippen LogP contribution < -0.4 is 10.1 Å². The molecule has 0 heterocycles. The van der Waals surface area contributed by atoms with Crippen LogP contribution in [0.15, 0.2) is 18.2 Å². The fraction of sp³-hybridized carbons (Fsp3) is 0.500. The molecule has 3 nitrogen and oxygen atoms in total. The highest BCUT2D eigenvalue weighted by atomic mass is 16.5. The molecule has 0 spiro atoms. The Morgan fingerprint density at radius 3 is 2.76 bits per heavy atom. The molecule has 1 aromatic carbocycles. The van der Waals surface area contributed by atoms with Crippen LogP contribution in [0.3, 0.4) is 0 Å². The molecule has 94 valence electrons. The van der Waals surface area contributed by atoms with Gasteiger partial charge in [0.1, 0.15) is 5.75 Å². The molecule has 0 saturated heterocycles. The second-order valence-electron chi connectivity index (χ2n) is 4.38. The predicted molar refractivity (Wildman–Crippen MR) is 70.4 cm³/mol. The number of nitrogens with one attached hydrogen (secondary N) is 1. The van der Waals surface area contributed by atoms with Crippen LogP contribution in [-0.4, -0.2) is 13.0 Å². The molecule has 1 atom stereocenters. The summed E-state index contributed by atoms with van der Waals surface area (Å²) in [4.78, 5) is 11.9. The molecule has 1 aromatic rings. The number of anilines is 1. The SMILES string of the molecule is CCCC(C)C(=O)Nc1cc(C)ccc1OC. The van der Waals surface area contributed by atoms with Crippen LogP contribution in [0.5, 0.6) is 5.75 Å². The number of aryl methyl sites for hydroxylation is 1. The molecular weight excluding hydrogens is 214 g/mol. The molecule has 0 aromatic heterocycles. The third-order valence-corrected chi connectivity index (χ3v) is 2.78. The standard InChI is InChI=1S/C14H21NO2/c1-5-6-11(3)14(16)15-12-9-10(2)7-8-13(12)17-4/h7-9,11H,5-6H2,1-4H3,(H,15,16). The monoisotopic (exact) mass is 235 g/mol. The molecule has 1 rings (SSSR count). The third-order valence-electron chi connectivity index (χ3n) is 2.78. The summed E-state index contributed by atoms with van der Waals surface area (Å²) < 4.78 is 5.23. The first-order valence-corrected chi connectivity index (χ1v) is 6.04. The van der Waals surface area contributed by atoms with Gasteiger partial charge >= 0.3 is 0 Å². The van der Waals surface area contributed by atoms with Gasteiger partial charge in [-0.3, -0.25) is 4.79 Å². The topological polar surface area (TPSA) is 38.3 Å². The number of amides is 1. The van der Waals surface area contributed by atoms with E-state index in [9.17, 15) is 4.79 Å². The molecule has 3 heteroatoms. The van der Waals surface area contributed by atoms with Crippen molar-refractivity contribution in [2.24, 2.45) is 5.92 Å². The average Bonchev–Trinajstić information content (AvgIpc) is 2.29. The Morgan fingerprint density at radius 2 is 2.18 bits per heavy atom. The summed E-state index contributed by atoms with van der Waals surface area (Å²) in [5.74, 6) is 0.786. The summed E-state index contributed by atoms with van der Waals surface area (Å²) in [7, 11) is 1.61. The van der Waals surface area contributed by atoms with Crippen molar-refractivity contribution in [1.29, 1.82) is 0 Å². The normalized spacial score (nSPS) is 12.0. The van der Waals surface area contributed by atoms with E-state index in [2.05, 4.69) is 12.2 Å². The fourth-order valence-corrected chi connectivity index (χ4v) is 1.74. The Balaban J connectivity index is 2.79. The van der Waals surface area contributed by atoms with E-state index in [0.717, 1.165) is 24.1 Å². The third kappa shape index (κ3) is 3.77. The molecule has 0 aliphatic carbocycles. The molecule has 0 radical (unpaired) electrons. The Kier molecular flexibility index (Phi) is 5.01. The summed E-state index contributed by atoms with van der Waals surface area (Å²) in [5, 5.41) is 2.92. The predicted octanol–water partition coefficient (Wildman–Crippen LogP) is 3.38. The number of hydrogen-bond donors (Lipinski definition) is 1. The lowest BCUT2D eigenvalue weighted by atomic mass is 10.1. The van der Waals surface area contributed by atoms with Gasteiger partial charge in [-0.25, -0.2) is 0 Å². The van der Waals surface area contributed by atoms with E-state index in [1.165, 1.54) is 0 Å². The van der Waals surface area contributed by atoms with E-state index in [1.807, 2.05) is 32.0 Å². The van der Waals surface area contributed by atoms with Crippen molar-refractivity contribution in [3.63, 3.8) is 0 Å². The minimum atomic E-state index is 0.0326. The van der Waals surface area contributed by atoms with Crippen LogP contribution in [0.1, 0.15) is 32.3 Å². The van der Waals surface area contributed by atoms with Gasteiger partial charge in [-0.1, -0.05) is 26.3 Å². The highest BCUT2D eigenvalue weighted by molar-refractivity contribution is 5.93. The summed E-state index contributed by atoms with van der Waals surface area (Å²) in [6.07, 6.45) is 1.92. The minimum Gasteiger partial charge on any atom is -0.495 e. The van der Waals surface area contributed by atoms with Crippen LogP contribution in [0.25, 0.3) is 0 Å². The van der Waals surface area contributed by atoms with Gasteiger partial charge in [0.15, 0.2) is 0 Å². The zero-order chi connectivity index (χ0) is 12.8. The molecule has 1 unspecified atom stereocenters. The maximum atomic E-state index is 11.9. The molecule has 1 amide bonds. The van der Waals surface area contributed by atoms with Crippen LogP contribution in [0, 0.1) is 12.8 Å². The molecule has 0 bridgehead atoms.